The van der Waals surface area contributed by atoms with E-state index in [2.05, 4.69) is 10.6 Å². The summed E-state index contributed by atoms with van der Waals surface area (Å²) in [6, 6.07) is 29.7. The minimum absolute atomic E-state index is 0.288. The molecule has 2 aliphatic carbocycles. The summed E-state index contributed by atoms with van der Waals surface area (Å²) in [5, 5.41) is 29.2. The Bertz CT molecular complexity index is 1680. The fourth-order valence-electron chi connectivity index (χ4n) is 7.12. The number of hydrogen-bond acceptors (Lipinski definition) is 10. The lowest BCUT2D eigenvalue weighted by Crippen LogP contribution is -2.30. The molecule has 4 N–H and O–H groups in total. The van der Waals surface area contributed by atoms with Gasteiger partial charge in [-0.1, -0.05) is 71.7 Å². The summed E-state index contributed by atoms with van der Waals surface area (Å²) in [4.78, 5) is 44.3. The smallest absolute Gasteiger partial charge is 0.366 e. The van der Waals surface area contributed by atoms with Gasteiger partial charge in [0.25, 0.3) is 0 Å². The van der Waals surface area contributed by atoms with Gasteiger partial charge in [0.2, 0.25) is 0 Å². The van der Waals surface area contributed by atoms with Gasteiger partial charge in [0.05, 0.1) is 12.2 Å². The molecule has 6 rings (SSSR count). The van der Waals surface area contributed by atoms with Crippen LogP contribution in [0.5, 0.6) is 11.5 Å². The van der Waals surface area contributed by atoms with Crippen LogP contribution in [0.25, 0.3) is 0 Å². The molecule has 280 valence electrons. The normalized spacial score (nSPS) is 20.8. The van der Waals surface area contributed by atoms with Crippen LogP contribution >= 0.6 is 23.2 Å². The molecular weight excluding hydrogens is 719 g/mol. The number of nitrogens with one attached hydrogen (secondary N) is 2. The minimum atomic E-state index is -0.924. The second kappa shape index (κ2) is 18.7. The van der Waals surface area contributed by atoms with Gasteiger partial charge in [0.15, 0.2) is 17.9 Å². The lowest BCUT2D eigenvalue weighted by atomic mass is 9.97. The monoisotopic (exact) mass is 762 g/mol. The Morgan fingerprint density at radius 3 is 1.43 bits per heavy atom. The number of benzene rings is 4. The number of aliphatic hydroxyl groups excluding tert-OH is 2. The van der Waals surface area contributed by atoms with Crippen molar-refractivity contribution in [3.8, 4) is 11.5 Å². The van der Waals surface area contributed by atoms with Crippen LogP contribution in [0.2, 0.25) is 10.0 Å². The van der Waals surface area contributed by atoms with Crippen molar-refractivity contribution in [2.45, 2.75) is 81.1 Å². The first-order chi connectivity index (χ1) is 25.7. The largest absolute Gasteiger partial charge is 0.387 e. The van der Waals surface area contributed by atoms with Gasteiger partial charge in [0.1, 0.15) is 0 Å². The summed E-state index contributed by atoms with van der Waals surface area (Å²) >= 11 is 12.1. The second-order valence-electron chi connectivity index (χ2n) is 13.8. The number of hydrogen-bond donors (Lipinski definition) is 4. The molecule has 0 amide bonds. The van der Waals surface area contributed by atoms with Crippen molar-refractivity contribution in [1.29, 1.82) is 0 Å². The minimum Gasteiger partial charge on any atom is -0.387 e. The molecule has 0 radical (unpaired) electrons. The molecule has 2 saturated carbocycles. The van der Waals surface area contributed by atoms with Crippen molar-refractivity contribution in [1.82, 2.24) is 10.6 Å². The van der Waals surface area contributed by atoms with Gasteiger partial charge in [-0.2, -0.15) is 0 Å². The SMILES string of the molecule is O=C(CC(=O)OOc1ccc(C2CCC(NCC(O)c3cccc(Cl)c3)C2)cc1)OOc1ccc(C2CCC(NCC(O)c3cccc(Cl)c3)C2)cc1. The third-order valence-electron chi connectivity index (χ3n) is 9.99. The lowest BCUT2D eigenvalue weighted by molar-refractivity contribution is -0.226. The van der Waals surface area contributed by atoms with Gasteiger partial charge in [0, 0.05) is 35.2 Å². The zero-order valence-corrected chi connectivity index (χ0v) is 30.7. The highest BCUT2D eigenvalue weighted by Gasteiger charge is 2.28. The van der Waals surface area contributed by atoms with Crippen molar-refractivity contribution < 1.29 is 39.4 Å². The fraction of sp³-hybridized carbons (Fsp3) is 0.366. The van der Waals surface area contributed by atoms with Crippen molar-refractivity contribution in [2.24, 2.45) is 0 Å². The Hall–Kier alpha value is -4.16. The predicted molar refractivity (Wildman–Crippen MR) is 201 cm³/mol. The Kier molecular flexibility index (Phi) is 13.6. The number of halogens is 2. The zero-order chi connectivity index (χ0) is 37.2. The maximum absolute atomic E-state index is 12.2. The molecule has 0 saturated heterocycles. The molecule has 2 fully saturated rings. The van der Waals surface area contributed by atoms with E-state index in [-0.39, 0.29) is 12.1 Å². The first-order valence-corrected chi connectivity index (χ1v) is 18.7. The summed E-state index contributed by atoms with van der Waals surface area (Å²) in [6.07, 6.45) is 3.91. The molecule has 53 heavy (non-hydrogen) atoms. The van der Waals surface area contributed by atoms with Gasteiger partial charge < -0.3 is 20.8 Å². The molecular formula is C41H44Cl2N2O8. The fourth-order valence-corrected chi connectivity index (χ4v) is 7.51. The van der Waals surface area contributed by atoms with E-state index in [1.807, 2.05) is 48.5 Å². The van der Waals surface area contributed by atoms with Crippen LogP contribution in [0.3, 0.4) is 0 Å². The van der Waals surface area contributed by atoms with Gasteiger partial charge in [-0.3, -0.25) is 9.78 Å². The summed E-state index contributed by atoms with van der Waals surface area (Å²) in [6.45, 7) is 0.896. The summed E-state index contributed by atoms with van der Waals surface area (Å²) < 4.78 is 0. The number of carbonyl (C=O) groups is 2. The van der Waals surface area contributed by atoms with Gasteiger partial charge in [-0.15, -0.1) is 0 Å². The molecule has 10 nitrogen and oxygen atoms in total. The predicted octanol–water partition coefficient (Wildman–Crippen LogP) is 7.68. The Labute approximate surface area is 319 Å². The van der Waals surface area contributed by atoms with Crippen LogP contribution in [0, 0.1) is 0 Å². The maximum atomic E-state index is 12.2. The second-order valence-corrected chi connectivity index (χ2v) is 14.6. The van der Waals surface area contributed by atoms with E-state index < -0.39 is 30.6 Å². The van der Waals surface area contributed by atoms with Gasteiger partial charge >= 0.3 is 11.9 Å². The molecule has 0 bridgehead atoms. The molecule has 0 aromatic heterocycles. The molecule has 0 heterocycles. The first kappa shape index (κ1) is 38.6. The molecule has 4 aromatic carbocycles. The van der Waals surface area contributed by atoms with Crippen LogP contribution < -0.4 is 20.4 Å². The number of aliphatic hydroxyl groups is 2. The number of carbonyl (C=O) groups excluding carboxylic acids is 2. The molecule has 6 atom stereocenters. The van der Waals surface area contributed by atoms with E-state index >= 15 is 0 Å². The highest BCUT2D eigenvalue weighted by molar-refractivity contribution is 6.30. The molecule has 0 spiro atoms. The summed E-state index contributed by atoms with van der Waals surface area (Å²) in [5.74, 6) is -0.502. The lowest BCUT2D eigenvalue weighted by Gasteiger charge is -2.17. The van der Waals surface area contributed by atoms with Crippen molar-refractivity contribution in [3.05, 3.63) is 129 Å². The molecule has 2 aliphatic rings. The standard InChI is InChI=1S/C41H44Cl2N2O8/c42-32-5-1-3-30(19-32)38(46)24-44-34-13-7-28(21-34)26-9-15-36(16-10-26)50-52-40(48)23-41(49)53-51-37-17-11-27(12-18-37)29-8-14-35(22-29)45-25-39(47)31-4-2-6-33(43)20-31/h1-6,9-12,15-20,28-29,34-35,38-39,44-47H,7-8,13-14,21-25H2. The topological polar surface area (TPSA) is 136 Å². The zero-order valence-electron chi connectivity index (χ0n) is 29.2. The van der Waals surface area contributed by atoms with E-state index in [0.29, 0.717) is 46.5 Å². The maximum Gasteiger partial charge on any atom is 0.366 e. The summed E-state index contributed by atoms with van der Waals surface area (Å²) in [5.41, 5.74) is 3.86. The molecule has 4 aromatic rings. The third kappa shape index (κ3) is 11.4. The van der Waals surface area contributed by atoms with Gasteiger partial charge in [-0.25, -0.2) is 19.4 Å². The van der Waals surface area contributed by atoms with Crippen LogP contribution in [-0.2, 0) is 19.4 Å². The summed E-state index contributed by atoms with van der Waals surface area (Å²) in [7, 11) is 0. The first-order valence-electron chi connectivity index (χ1n) is 18.0. The molecule has 12 heteroatoms. The van der Waals surface area contributed by atoms with Gasteiger partial charge in [-0.05, 0) is 121 Å². The van der Waals surface area contributed by atoms with E-state index in [9.17, 15) is 19.8 Å². The molecule has 6 unspecified atom stereocenters. The van der Waals surface area contributed by atoms with Crippen molar-refractivity contribution >= 4 is 35.1 Å². The molecule has 0 aliphatic heterocycles. The van der Waals surface area contributed by atoms with Crippen LogP contribution in [0.15, 0.2) is 97.1 Å². The average Bonchev–Trinajstić information content (AvgIpc) is 3.85. The Balaban J connectivity index is 0.849. The Morgan fingerprint density at radius 1 is 0.623 bits per heavy atom. The van der Waals surface area contributed by atoms with Crippen LogP contribution in [0.4, 0.5) is 0 Å². The Morgan fingerprint density at radius 2 is 1.04 bits per heavy atom. The quantitative estimate of drug-likeness (QED) is 0.0512. The van der Waals surface area contributed by atoms with E-state index in [0.717, 1.165) is 60.8 Å². The highest BCUT2D eigenvalue weighted by Crippen LogP contribution is 2.37. The number of rotatable bonds is 16. The van der Waals surface area contributed by atoms with Crippen LogP contribution in [-0.4, -0.2) is 47.3 Å². The van der Waals surface area contributed by atoms with E-state index in [1.165, 1.54) is 0 Å². The van der Waals surface area contributed by atoms with E-state index in [1.54, 1.807) is 48.5 Å². The van der Waals surface area contributed by atoms with Crippen LogP contribution in [0.1, 0.15) is 91.2 Å². The highest BCUT2D eigenvalue weighted by atomic mass is 35.5. The van der Waals surface area contributed by atoms with E-state index in [4.69, 9.17) is 42.8 Å². The van der Waals surface area contributed by atoms with Crippen molar-refractivity contribution in [3.63, 3.8) is 0 Å². The average molecular weight is 764 g/mol. The third-order valence-corrected chi connectivity index (χ3v) is 10.5. The van der Waals surface area contributed by atoms with Crippen molar-refractivity contribution in [2.75, 3.05) is 13.1 Å².